The number of benzene rings is 1. The third-order valence-electron chi connectivity index (χ3n) is 5.31. The normalized spacial score (nSPS) is 12.3. The Morgan fingerprint density at radius 2 is 1.78 bits per heavy atom. The molecule has 0 unspecified atom stereocenters. The van der Waals surface area contributed by atoms with Crippen molar-refractivity contribution in [2.45, 2.75) is 60.0 Å². The lowest BCUT2D eigenvalue weighted by Gasteiger charge is -2.28. The average molecular weight is 443 g/mol. The predicted molar refractivity (Wildman–Crippen MR) is 121 cm³/mol. The van der Waals surface area contributed by atoms with Crippen molar-refractivity contribution < 1.29 is 23.5 Å². The van der Waals surface area contributed by atoms with Crippen molar-refractivity contribution >= 4 is 11.8 Å². The number of ether oxygens (including phenoxy) is 2. The van der Waals surface area contributed by atoms with Crippen LogP contribution in [0, 0.1) is 12.8 Å². The number of furan rings is 1. The number of fused-ring (bicyclic) bond motifs is 1. The van der Waals surface area contributed by atoms with Crippen molar-refractivity contribution in [2.24, 2.45) is 5.92 Å². The number of carbonyl (C=O) groups is 2. The first-order chi connectivity index (χ1) is 15.4. The average Bonchev–Trinajstić information content (AvgIpc) is 3.38. The zero-order chi connectivity index (χ0) is 23.1. The van der Waals surface area contributed by atoms with E-state index in [2.05, 4.69) is 20.8 Å². The van der Waals surface area contributed by atoms with Crippen molar-refractivity contribution in [3.63, 3.8) is 0 Å². The largest absolute Gasteiger partial charge is 0.464 e. The summed E-state index contributed by atoms with van der Waals surface area (Å²) in [5, 5.41) is 0. The van der Waals surface area contributed by atoms with Crippen molar-refractivity contribution in [2.75, 3.05) is 19.9 Å². The van der Waals surface area contributed by atoms with Gasteiger partial charge in [0.1, 0.15) is 11.5 Å². The van der Waals surface area contributed by atoms with E-state index in [1.165, 1.54) is 0 Å². The molecule has 32 heavy (non-hydrogen) atoms. The lowest BCUT2D eigenvalue weighted by atomic mass is 10.1. The fourth-order valence-electron chi connectivity index (χ4n) is 3.69. The molecule has 0 saturated carbocycles. The summed E-state index contributed by atoms with van der Waals surface area (Å²) in [7, 11) is 0. The molecule has 7 heteroatoms. The number of hydrogen-bond acceptors (Lipinski definition) is 5. The van der Waals surface area contributed by atoms with Crippen LogP contribution in [0.1, 0.15) is 57.1 Å². The molecule has 174 valence electrons. The smallest absolute Gasteiger partial charge is 0.242 e. The fraction of sp³-hybridized carbons (Fsp3) is 0.520. The van der Waals surface area contributed by atoms with Gasteiger partial charge in [0.05, 0.1) is 13.1 Å². The van der Waals surface area contributed by atoms with Gasteiger partial charge in [0, 0.05) is 19.5 Å². The quantitative estimate of drug-likeness (QED) is 0.512. The zero-order valence-electron chi connectivity index (χ0n) is 19.6. The summed E-state index contributed by atoms with van der Waals surface area (Å²) >= 11 is 0. The van der Waals surface area contributed by atoms with Gasteiger partial charge in [-0.05, 0) is 49.1 Å². The molecule has 0 radical (unpaired) electrons. The monoisotopic (exact) mass is 442 g/mol. The number of nitrogens with zero attached hydrogens (tertiary/aromatic N) is 2. The van der Waals surface area contributed by atoms with E-state index in [1.54, 1.807) is 9.80 Å². The van der Waals surface area contributed by atoms with Gasteiger partial charge in [-0.25, -0.2) is 0 Å². The van der Waals surface area contributed by atoms with Gasteiger partial charge in [-0.15, -0.1) is 0 Å². The molecule has 0 spiro atoms. The van der Waals surface area contributed by atoms with E-state index in [-0.39, 0.29) is 31.1 Å². The van der Waals surface area contributed by atoms with Crippen LogP contribution in [0.4, 0.5) is 0 Å². The topological polar surface area (TPSA) is 72.2 Å². The van der Waals surface area contributed by atoms with E-state index in [1.807, 2.05) is 37.3 Å². The van der Waals surface area contributed by atoms with E-state index in [9.17, 15) is 9.59 Å². The van der Waals surface area contributed by atoms with E-state index in [0.717, 1.165) is 24.2 Å². The molecule has 2 aromatic rings. The molecule has 0 fully saturated rings. The van der Waals surface area contributed by atoms with Gasteiger partial charge in [-0.2, -0.15) is 0 Å². The Bertz CT molecular complexity index is 921. The summed E-state index contributed by atoms with van der Waals surface area (Å²) in [6.07, 6.45) is 2.24. The second-order valence-corrected chi connectivity index (χ2v) is 8.72. The maximum atomic E-state index is 13.4. The maximum absolute atomic E-state index is 13.4. The number of hydrogen-bond donors (Lipinski definition) is 0. The zero-order valence-corrected chi connectivity index (χ0v) is 19.6. The van der Waals surface area contributed by atoms with Crippen LogP contribution in [-0.4, -0.2) is 41.5 Å². The highest BCUT2D eigenvalue weighted by atomic mass is 16.7. The van der Waals surface area contributed by atoms with Gasteiger partial charge in [0.25, 0.3) is 0 Å². The molecule has 1 aromatic heterocycles. The Morgan fingerprint density at radius 1 is 1.00 bits per heavy atom. The summed E-state index contributed by atoms with van der Waals surface area (Å²) < 4.78 is 16.6. The van der Waals surface area contributed by atoms with Crippen molar-refractivity contribution in [1.29, 1.82) is 0 Å². The standard InChI is InChI=1S/C25H34N2O5/c1-5-6-7-24(28)26(13-18(2)3)16-25(29)27(15-21-10-8-19(4)32-21)14-20-9-11-22-23(12-20)31-17-30-22/h8-12,18H,5-7,13-17H2,1-4H3. The first-order valence-corrected chi connectivity index (χ1v) is 11.3. The summed E-state index contributed by atoms with van der Waals surface area (Å²) in [6.45, 7) is 9.59. The predicted octanol–water partition coefficient (Wildman–Crippen LogP) is 4.52. The molecular formula is C25H34N2O5. The summed E-state index contributed by atoms with van der Waals surface area (Å²) in [5.74, 6) is 3.10. The molecule has 0 atom stereocenters. The fourth-order valence-corrected chi connectivity index (χ4v) is 3.69. The summed E-state index contributed by atoms with van der Waals surface area (Å²) in [6, 6.07) is 9.45. The molecule has 3 rings (SSSR count). The van der Waals surface area contributed by atoms with Crippen molar-refractivity contribution in [3.8, 4) is 11.5 Å². The van der Waals surface area contributed by atoms with Crippen molar-refractivity contribution in [3.05, 3.63) is 47.4 Å². The third-order valence-corrected chi connectivity index (χ3v) is 5.31. The maximum Gasteiger partial charge on any atom is 0.242 e. The molecule has 0 bridgehead atoms. The van der Waals surface area contributed by atoms with E-state index >= 15 is 0 Å². The van der Waals surface area contributed by atoms with Crippen LogP contribution in [0.15, 0.2) is 34.7 Å². The number of unbranched alkanes of at least 4 members (excludes halogenated alkanes) is 1. The van der Waals surface area contributed by atoms with Crippen LogP contribution < -0.4 is 9.47 Å². The molecule has 1 aliphatic heterocycles. The Labute approximate surface area is 190 Å². The van der Waals surface area contributed by atoms with Gasteiger partial charge in [-0.1, -0.05) is 33.3 Å². The first kappa shape index (κ1) is 23.7. The molecule has 1 aliphatic rings. The molecule has 7 nitrogen and oxygen atoms in total. The van der Waals surface area contributed by atoms with Gasteiger partial charge >= 0.3 is 0 Å². The highest BCUT2D eigenvalue weighted by Crippen LogP contribution is 2.33. The van der Waals surface area contributed by atoms with Crippen molar-refractivity contribution in [1.82, 2.24) is 9.80 Å². The minimum absolute atomic E-state index is 0.0331. The Morgan fingerprint density at radius 3 is 2.47 bits per heavy atom. The molecule has 2 heterocycles. The van der Waals surface area contributed by atoms with Gasteiger partial charge in [0.2, 0.25) is 18.6 Å². The van der Waals surface area contributed by atoms with Crippen LogP contribution in [0.5, 0.6) is 11.5 Å². The summed E-state index contributed by atoms with van der Waals surface area (Å²) in [5.41, 5.74) is 0.929. The number of rotatable bonds is 11. The number of aryl methyl sites for hydroxylation is 1. The van der Waals surface area contributed by atoms with E-state index < -0.39 is 0 Å². The molecule has 0 N–H and O–H groups in total. The first-order valence-electron chi connectivity index (χ1n) is 11.3. The molecule has 0 aliphatic carbocycles. The second-order valence-electron chi connectivity index (χ2n) is 8.72. The lowest BCUT2D eigenvalue weighted by Crippen LogP contribution is -2.43. The molecule has 0 saturated heterocycles. The van der Waals surface area contributed by atoms with Gasteiger partial charge in [0.15, 0.2) is 11.5 Å². The SMILES string of the molecule is CCCCC(=O)N(CC(=O)N(Cc1ccc2c(c1)OCO2)Cc1ccc(C)o1)CC(C)C. The van der Waals surface area contributed by atoms with E-state index in [0.29, 0.717) is 43.3 Å². The Hall–Kier alpha value is -2.96. The van der Waals surface area contributed by atoms with E-state index in [4.69, 9.17) is 13.9 Å². The number of amides is 2. The minimum Gasteiger partial charge on any atom is -0.464 e. The van der Waals surface area contributed by atoms with Crippen LogP contribution in [0.2, 0.25) is 0 Å². The van der Waals surface area contributed by atoms with Gasteiger partial charge < -0.3 is 23.7 Å². The molecule has 1 aromatic carbocycles. The Balaban J connectivity index is 1.77. The summed E-state index contributed by atoms with van der Waals surface area (Å²) in [4.78, 5) is 29.6. The lowest BCUT2D eigenvalue weighted by molar-refractivity contribution is -0.141. The minimum atomic E-state index is -0.109. The van der Waals surface area contributed by atoms with Crippen LogP contribution in [-0.2, 0) is 22.7 Å². The van der Waals surface area contributed by atoms with Crippen LogP contribution in [0.25, 0.3) is 0 Å². The second kappa shape index (κ2) is 11.1. The molecule has 2 amide bonds. The van der Waals surface area contributed by atoms with Crippen LogP contribution >= 0.6 is 0 Å². The van der Waals surface area contributed by atoms with Crippen LogP contribution in [0.3, 0.4) is 0 Å². The highest BCUT2D eigenvalue weighted by Gasteiger charge is 2.24. The molecular weight excluding hydrogens is 408 g/mol. The van der Waals surface area contributed by atoms with Gasteiger partial charge in [-0.3, -0.25) is 9.59 Å². The Kier molecular flexibility index (Phi) is 8.20. The highest BCUT2D eigenvalue weighted by molar-refractivity contribution is 5.84. The number of carbonyl (C=O) groups excluding carboxylic acids is 2. The third kappa shape index (κ3) is 6.52.